The number of hydrogen-bond donors (Lipinski definition) is 1. The highest BCUT2D eigenvalue weighted by Crippen LogP contribution is 2.60. The molecule has 0 aromatic heterocycles. The molecule has 3 aliphatic rings. The lowest BCUT2D eigenvalue weighted by molar-refractivity contribution is -0.154. The summed E-state index contributed by atoms with van der Waals surface area (Å²) in [5.41, 5.74) is 0.542. The maximum Gasteiger partial charge on any atom is 0.312 e. The molecule has 0 radical (unpaired) electrons. The largest absolute Gasteiger partial charge is 0.465 e. The molecule has 218 valence electrons. The predicted octanol–water partition coefficient (Wildman–Crippen LogP) is 3.30. The van der Waals surface area contributed by atoms with Gasteiger partial charge in [0.05, 0.1) is 24.5 Å². The van der Waals surface area contributed by atoms with Crippen molar-refractivity contribution in [2.75, 3.05) is 49.2 Å². The maximum atomic E-state index is 14.5. The molecule has 1 aromatic carbocycles. The minimum absolute atomic E-state index is 0.136. The molecule has 0 saturated carbocycles. The van der Waals surface area contributed by atoms with Crippen molar-refractivity contribution in [3.8, 4) is 0 Å². The lowest BCUT2D eigenvalue weighted by atomic mass is 9.70. The molecular formula is C30H40BrN3O6. The summed E-state index contributed by atoms with van der Waals surface area (Å²) in [7, 11) is 0. The molecule has 3 unspecified atom stereocenters. The summed E-state index contributed by atoms with van der Waals surface area (Å²) in [4.78, 5) is 46.8. The van der Waals surface area contributed by atoms with E-state index in [1.165, 1.54) is 4.90 Å². The third-order valence-electron chi connectivity index (χ3n) is 8.29. The topological polar surface area (TPSA) is 99.6 Å². The van der Waals surface area contributed by atoms with E-state index >= 15 is 0 Å². The zero-order chi connectivity index (χ0) is 29.0. The summed E-state index contributed by atoms with van der Waals surface area (Å²) in [6.45, 7) is 13.9. The van der Waals surface area contributed by atoms with E-state index in [0.717, 1.165) is 18.8 Å². The van der Waals surface area contributed by atoms with Crippen LogP contribution in [0, 0.1) is 11.8 Å². The van der Waals surface area contributed by atoms with Gasteiger partial charge in [-0.3, -0.25) is 14.4 Å². The van der Waals surface area contributed by atoms with E-state index in [1.54, 1.807) is 17.1 Å². The molecule has 2 bridgehead atoms. The fraction of sp³-hybridized carbons (Fsp3) is 0.567. The van der Waals surface area contributed by atoms with Crippen molar-refractivity contribution in [1.82, 2.24) is 4.90 Å². The minimum Gasteiger partial charge on any atom is -0.465 e. The van der Waals surface area contributed by atoms with Crippen molar-refractivity contribution < 1.29 is 29.0 Å². The first-order chi connectivity index (χ1) is 19.3. The van der Waals surface area contributed by atoms with Crippen LogP contribution in [-0.2, 0) is 23.9 Å². The number of carbonyl (C=O) groups excluding carboxylic acids is 3. The molecule has 9 nitrogen and oxygen atoms in total. The molecular weight excluding hydrogens is 578 g/mol. The van der Waals surface area contributed by atoms with Crippen LogP contribution in [0.5, 0.6) is 0 Å². The van der Waals surface area contributed by atoms with Crippen LogP contribution >= 0.6 is 15.9 Å². The Kier molecular flexibility index (Phi) is 9.74. The predicted molar refractivity (Wildman–Crippen MR) is 157 cm³/mol. The van der Waals surface area contributed by atoms with E-state index in [0.29, 0.717) is 24.9 Å². The second-order valence-electron chi connectivity index (χ2n) is 10.4. The van der Waals surface area contributed by atoms with E-state index < -0.39 is 35.6 Å². The molecule has 1 aromatic rings. The third kappa shape index (κ3) is 5.21. The Morgan fingerprint density at radius 1 is 1.20 bits per heavy atom. The molecule has 3 aliphatic heterocycles. The normalized spacial score (nSPS) is 28.4. The second-order valence-corrected chi connectivity index (χ2v) is 11.6. The van der Waals surface area contributed by atoms with Gasteiger partial charge in [-0.2, -0.15) is 0 Å². The summed E-state index contributed by atoms with van der Waals surface area (Å²) in [6, 6.07) is 6.81. The molecule has 3 heterocycles. The summed E-state index contributed by atoms with van der Waals surface area (Å²) >= 11 is 3.67. The van der Waals surface area contributed by atoms with Crippen LogP contribution in [0.4, 0.5) is 11.4 Å². The number of esters is 1. The molecule has 3 saturated heterocycles. The van der Waals surface area contributed by atoms with E-state index in [-0.39, 0.29) is 42.9 Å². The summed E-state index contributed by atoms with van der Waals surface area (Å²) in [5, 5.41) is 9.58. The standard InChI is InChI=1S/C30H40BrN3O6/c1-5-9-18-39-29(38)23-24-27(36)34(16-10-17-35)26(30(24)19-22(31)25(23)40-30)28(37)33(15-6-2)21-13-11-20(12-14-21)32(7-3)8-4/h5-6,11-14,22-26,35H,1-2,7-10,15-19H2,3-4H3/t22?,23-,24-,25-,26?,30?/m0/s1. The van der Waals surface area contributed by atoms with Crippen LogP contribution in [0.15, 0.2) is 49.6 Å². The van der Waals surface area contributed by atoms with Crippen molar-refractivity contribution >= 4 is 45.1 Å². The van der Waals surface area contributed by atoms with E-state index in [2.05, 4.69) is 47.8 Å². The molecule has 6 atom stereocenters. The first-order valence-electron chi connectivity index (χ1n) is 14.1. The molecule has 40 heavy (non-hydrogen) atoms. The Hall–Kier alpha value is -2.69. The van der Waals surface area contributed by atoms with Gasteiger partial charge in [0, 0.05) is 49.0 Å². The fourth-order valence-corrected chi connectivity index (χ4v) is 7.47. The fourth-order valence-electron chi connectivity index (χ4n) is 6.53. The van der Waals surface area contributed by atoms with Gasteiger partial charge in [-0.25, -0.2) is 0 Å². The number of rotatable bonds is 14. The number of fused-ring (bicyclic) bond motifs is 1. The van der Waals surface area contributed by atoms with Gasteiger partial charge in [-0.1, -0.05) is 28.1 Å². The molecule has 10 heteroatoms. The number of carbonyl (C=O) groups is 3. The number of amides is 2. The average molecular weight is 619 g/mol. The smallest absolute Gasteiger partial charge is 0.312 e. The van der Waals surface area contributed by atoms with Crippen LogP contribution in [0.3, 0.4) is 0 Å². The van der Waals surface area contributed by atoms with Gasteiger partial charge in [0.2, 0.25) is 5.91 Å². The highest BCUT2D eigenvalue weighted by molar-refractivity contribution is 9.09. The van der Waals surface area contributed by atoms with Gasteiger partial charge in [0.25, 0.3) is 5.91 Å². The van der Waals surface area contributed by atoms with E-state index in [1.807, 2.05) is 24.3 Å². The van der Waals surface area contributed by atoms with Gasteiger partial charge in [0.15, 0.2) is 0 Å². The number of nitrogens with zero attached hydrogens (tertiary/aromatic N) is 3. The molecule has 4 rings (SSSR count). The maximum absolute atomic E-state index is 14.5. The van der Waals surface area contributed by atoms with Crippen LogP contribution in [0.25, 0.3) is 0 Å². The SMILES string of the molecule is C=CCCOC(=O)[C@H]1[C@H]2C(=O)N(CCCO)C(C(=O)N(CC=C)c3ccc(N(CC)CC)cc3)C23CC(Br)[C@@H]1O3. The molecule has 1 spiro atoms. The van der Waals surface area contributed by atoms with Crippen LogP contribution in [-0.4, -0.2) is 89.8 Å². The van der Waals surface area contributed by atoms with Crippen LogP contribution in [0.1, 0.15) is 33.1 Å². The number of anilines is 2. The molecule has 1 N–H and O–H groups in total. The van der Waals surface area contributed by atoms with Crippen molar-refractivity contribution in [2.45, 2.75) is 55.7 Å². The average Bonchev–Trinajstić information content (AvgIpc) is 3.54. The number of alkyl halides is 1. The van der Waals surface area contributed by atoms with Gasteiger partial charge in [-0.15, -0.1) is 13.2 Å². The zero-order valence-electron chi connectivity index (χ0n) is 23.3. The lowest BCUT2D eigenvalue weighted by Crippen LogP contribution is -2.57. The third-order valence-corrected chi connectivity index (χ3v) is 9.13. The minimum atomic E-state index is -1.19. The number of benzene rings is 1. The lowest BCUT2D eigenvalue weighted by Gasteiger charge is -2.37. The summed E-state index contributed by atoms with van der Waals surface area (Å²) < 4.78 is 12.0. The first kappa shape index (κ1) is 30.3. The number of aliphatic hydroxyl groups excluding tert-OH is 1. The monoisotopic (exact) mass is 617 g/mol. The number of ether oxygens (including phenoxy) is 2. The Balaban J connectivity index is 1.71. The highest BCUT2D eigenvalue weighted by atomic mass is 79.9. The second kappa shape index (κ2) is 12.9. The van der Waals surface area contributed by atoms with Crippen molar-refractivity contribution in [3.05, 3.63) is 49.6 Å². The van der Waals surface area contributed by atoms with E-state index in [9.17, 15) is 19.5 Å². The van der Waals surface area contributed by atoms with Crippen LogP contribution < -0.4 is 9.80 Å². The number of aliphatic hydroxyl groups is 1. The van der Waals surface area contributed by atoms with Crippen LogP contribution in [0.2, 0.25) is 0 Å². The first-order valence-corrected chi connectivity index (χ1v) is 15.0. The Bertz CT molecular complexity index is 1110. The quantitative estimate of drug-likeness (QED) is 0.148. The molecule has 0 aliphatic carbocycles. The summed E-state index contributed by atoms with van der Waals surface area (Å²) in [6.07, 6.45) is 3.93. The van der Waals surface area contributed by atoms with Gasteiger partial charge < -0.3 is 29.3 Å². The number of hydrogen-bond acceptors (Lipinski definition) is 7. The number of halogens is 1. The van der Waals surface area contributed by atoms with Gasteiger partial charge in [0.1, 0.15) is 11.6 Å². The van der Waals surface area contributed by atoms with E-state index in [4.69, 9.17) is 9.47 Å². The summed E-state index contributed by atoms with van der Waals surface area (Å²) in [5.74, 6) is -2.78. The van der Waals surface area contributed by atoms with Crippen molar-refractivity contribution in [3.63, 3.8) is 0 Å². The van der Waals surface area contributed by atoms with Gasteiger partial charge >= 0.3 is 5.97 Å². The highest BCUT2D eigenvalue weighted by Gasteiger charge is 2.77. The van der Waals surface area contributed by atoms with Crippen molar-refractivity contribution in [1.29, 1.82) is 0 Å². The van der Waals surface area contributed by atoms with Gasteiger partial charge in [-0.05, 0) is 57.4 Å². The molecule has 2 amide bonds. The zero-order valence-corrected chi connectivity index (χ0v) is 24.9. The number of likely N-dealkylation sites (tertiary alicyclic amines) is 1. The Morgan fingerprint density at radius 3 is 2.48 bits per heavy atom. The Labute approximate surface area is 244 Å². The Morgan fingerprint density at radius 2 is 1.88 bits per heavy atom. The molecule has 3 fully saturated rings. The van der Waals surface area contributed by atoms with Crippen molar-refractivity contribution in [2.24, 2.45) is 11.8 Å².